The lowest BCUT2D eigenvalue weighted by atomic mass is 10.1. The van der Waals surface area contributed by atoms with E-state index in [1.54, 1.807) is 54.6 Å². The van der Waals surface area contributed by atoms with Gasteiger partial charge < -0.3 is 39.6 Å². The lowest BCUT2D eigenvalue weighted by molar-refractivity contribution is -0.123. The number of amides is 2. The average molecular weight is 599 g/mol. The van der Waals surface area contributed by atoms with Crippen molar-refractivity contribution in [3.63, 3.8) is 0 Å². The van der Waals surface area contributed by atoms with Gasteiger partial charge in [-0.05, 0) is 48.0 Å². The van der Waals surface area contributed by atoms with Gasteiger partial charge in [-0.3, -0.25) is 9.59 Å². The van der Waals surface area contributed by atoms with Crippen LogP contribution in [0.25, 0.3) is 10.9 Å². The first-order valence-corrected chi connectivity index (χ1v) is 13.9. The minimum Gasteiger partial charge on any atom is -0.493 e. The van der Waals surface area contributed by atoms with Crippen LogP contribution < -0.4 is 34.5 Å². The number of anilines is 1. The highest BCUT2D eigenvalue weighted by molar-refractivity contribution is 6.03. The molecular formula is C32H30N4O8. The number of fused-ring (bicyclic) bond motifs is 8. The van der Waals surface area contributed by atoms with Crippen molar-refractivity contribution < 1.29 is 38.4 Å². The number of carboxylic acid groups (broad SMARTS) is 1. The van der Waals surface area contributed by atoms with Gasteiger partial charge in [0.1, 0.15) is 11.9 Å². The molecule has 12 heteroatoms. The van der Waals surface area contributed by atoms with Crippen LogP contribution in [0.3, 0.4) is 0 Å². The second-order valence-corrected chi connectivity index (χ2v) is 10.4. The summed E-state index contributed by atoms with van der Waals surface area (Å²) in [5.74, 6) is 0.158. The van der Waals surface area contributed by atoms with Gasteiger partial charge in [-0.2, -0.15) is 0 Å². The van der Waals surface area contributed by atoms with E-state index in [-0.39, 0.29) is 30.4 Å². The maximum atomic E-state index is 13.6. The zero-order valence-corrected chi connectivity index (χ0v) is 24.0. The molecule has 44 heavy (non-hydrogen) atoms. The Labute approximate surface area is 252 Å². The van der Waals surface area contributed by atoms with Gasteiger partial charge in [0.25, 0.3) is 11.8 Å². The molecule has 0 radical (unpaired) electrons. The summed E-state index contributed by atoms with van der Waals surface area (Å²) >= 11 is 0. The summed E-state index contributed by atoms with van der Waals surface area (Å²) in [7, 11) is 2.99. The number of hydrogen-bond acceptors (Lipinski definition) is 9. The fourth-order valence-electron chi connectivity index (χ4n) is 5.38. The fourth-order valence-corrected chi connectivity index (χ4v) is 5.38. The Bertz CT molecular complexity index is 1760. The topological polar surface area (TPSA) is 149 Å². The lowest BCUT2D eigenvalue weighted by Gasteiger charge is -2.22. The van der Waals surface area contributed by atoms with E-state index in [9.17, 15) is 19.5 Å². The van der Waals surface area contributed by atoms with Crippen molar-refractivity contribution in [2.45, 2.75) is 18.7 Å². The number of carboxylic acids is 1. The van der Waals surface area contributed by atoms with Crippen molar-refractivity contribution >= 4 is 34.5 Å². The Morgan fingerprint density at radius 2 is 1.80 bits per heavy atom. The van der Waals surface area contributed by atoms with Gasteiger partial charge in [0.15, 0.2) is 29.6 Å². The number of para-hydroxylation sites is 1. The van der Waals surface area contributed by atoms with E-state index in [1.807, 2.05) is 11.0 Å². The van der Waals surface area contributed by atoms with E-state index >= 15 is 0 Å². The average Bonchev–Trinajstić information content (AvgIpc) is 3.43. The van der Waals surface area contributed by atoms with Crippen LogP contribution in [0.2, 0.25) is 0 Å². The van der Waals surface area contributed by atoms with Crippen LogP contribution in [-0.2, 0) is 11.3 Å². The summed E-state index contributed by atoms with van der Waals surface area (Å²) in [5.41, 5.74) is 1.75. The van der Waals surface area contributed by atoms with Crippen LogP contribution in [-0.4, -0.2) is 73.9 Å². The summed E-state index contributed by atoms with van der Waals surface area (Å²) in [6.07, 6.45) is -0.565. The molecule has 2 amide bonds. The summed E-state index contributed by atoms with van der Waals surface area (Å²) in [4.78, 5) is 44.8. The molecule has 3 N–H and O–H groups in total. The maximum absolute atomic E-state index is 13.6. The highest BCUT2D eigenvalue weighted by Gasteiger charge is 2.37. The quantitative estimate of drug-likeness (QED) is 0.320. The van der Waals surface area contributed by atoms with Crippen molar-refractivity contribution in [1.29, 1.82) is 0 Å². The van der Waals surface area contributed by atoms with Crippen molar-refractivity contribution in [2.24, 2.45) is 0 Å². The monoisotopic (exact) mass is 598 g/mol. The minimum absolute atomic E-state index is 0.132. The number of benzene rings is 3. The predicted molar refractivity (Wildman–Crippen MR) is 160 cm³/mol. The van der Waals surface area contributed by atoms with Crippen LogP contribution in [0.5, 0.6) is 23.0 Å². The third-order valence-electron chi connectivity index (χ3n) is 7.62. The van der Waals surface area contributed by atoms with Gasteiger partial charge in [-0.25, -0.2) is 9.78 Å². The number of aromatic nitrogens is 1. The van der Waals surface area contributed by atoms with Gasteiger partial charge in [-0.15, -0.1) is 0 Å². The first kappa shape index (κ1) is 28.6. The number of aromatic carboxylic acids is 1. The molecule has 1 saturated heterocycles. The van der Waals surface area contributed by atoms with Crippen LogP contribution in [0, 0.1) is 0 Å². The smallest absolute Gasteiger partial charge is 0.336 e. The number of nitrogens with one attached hydrogen (secondary N) is 2. The molecule has 226 valence electrons. The number of pyridine rings is 1. The Kier molecular flexibility index (Phi) is 7.80. The van der Waals surface area contributed by atoms with Crippen LogP contribution in [0.4, 0.5) is 5.82 Å². The molecule has 0 aliphatic carbocycles. The highest BCUT2D eigenvalue weighted by Crippen LogP contribution is 2.33. The zero-order valence-electron chi connectivity index (χ0n) is 24.0. The Morgan fingerprint density at radius 1 is 0.977 bits per heavy atom. The van der Waals surface area contributed by atoms with Crippen molar-refractivity contribution in [2.75, 3.05) is 38.8 Å². The largest absolute Gasteiger partial charge is 0.493 e. The van der Waals surface area contributed by atoms with E-state index in [0.29, 0.717) is 52.6 Å². The standard InChI is InChI=1S/C32H30N4O8/c1-41-24-10-8-19-12-27(24)43-17-30(37)33-14-18-7-9-25(26(11-18)42-2)44-28-16-36(15-23(28)35-31(19)38)29-13-21(32(39)40)20-5-3-4-6-22(20)34-29/h3-13,23,28H,14-17H2,1-2H3,(H,33,37)(H,35,38)(H,39,40)/t23-,28-/m0/s1. The molecule has 0 unspecified atom stereocenters. The Balaban J connectivity index is 1.38. The molecule has 4 heterocycles. The normalized spacial score (nSPS) is 18.4. The van der Waals surface area contributed by atoms with Gasteiger partial charge >= 0.3 is 5.97 Å². The van der Waals surface area contributed by atoms with Gasteiger partial charge in [0, 0.05) is 24.0 Å². The lowest BCUT2D eigenvalue weighted by Crippen LogP contribution is -2.45. The van der Waals surface area contributed by atoms with Crippen molar-refractivity contribution in [3.8, 4) is 23.0 Å². The molecule has 3 aliphatic rings. The predicted octanol–water partition coefficient (Wildman–Crippen LogP) is 3.03. The van der Waals surface area contributed by atoms with Crippen molar-refractivity contribution in [3.05, 3.63) is 83.4 Å². The molecule has 3 aromatic carbocycles. The molecule has 12 nitrogen and oxygen atoms in total. The summed E-state index contributed by atoms with van der Waals surface area (Å²) in [6, 6.07) is 18.1. The molecular weight excluding hydrogens is 568 g/mol. The number of nitrogens with zero attached hydrogens (tertiary/aromatic N) is 2. The van der Waals surface area contributed by atoms with Crippen LogP contribution >= 0.6 is 0 Å². The highest BCUT2D eigenvalue weighted by atomic mass is 16.5. The molecule has 0 spiro atoms. The van der Waals surface area contributed by atoms with E-state index in [0.717, 1.165) is 5.56 Å². The maximum Gasteiger partial charge on any atom is 0.336 e. The number of hydrogen-bond donors (Lipinski definition) is 3. The summed E-state index contributed by atoms with van der Waals surface area (Å²) in [5, 5.41) is 16.3. The van der Waals surface area contributed by atoms with Crippen molar-refractivity contribution in [1.82, 2.24) is 15.6 Å². The summed E-state index contributed by atoms with van der Waals surface area (Å²) < 4.78 is 23.2. The van der Waals surface area contributed by atoms with Crippen LogP contribution in [0.1, 0.15) is 26.3 Å². The SMILES string of the molecule is COc1ccc2cc1OCC(=O)NCc1ccc(c(OC)c1)O[C@H]1CN(c3cc(C(=O)O)c4ccccc4n3)C[C@@H]1NC2=O. The first-order chi connectivity index (χ1) is 21.3. The molecule has 1 fully saturated rings. The van der Waals surface area contributed by atoms with Gasteiger partial charge in [-0.1, -0.05) is 24.3 Å². The number of carbonyl (C=O) groups excluding carboxylic acids is 2. The van der Waals surface area contributed by atoms with Gasteiger partial charge in [0.05, 0.1) is 37.9 Å². The molecule has 1 aromatic heterocycles. The molecule has 4 bridgehead atoms. The third kappa shape index (κ3) is 5.74. The number of ether oxygens (including phenoxy) is 4. The second-order valence-electron chi connectivity index (χ2n) is 10.4. The minimum atomic E-state index is -1.06. The molecule has 3 aliphatic heterocycles. The number of rotatable bonds is 4. The van der Waals surface area contributed by atoms with Crippen LogP contribution in [0.15, 0.2) is 66.7 Å². The fraction of sp³-hybridized carbons (Fsp3) is 0.250. The Morgan fingerprint density at radius 3 is 2.59 bits per heavy atom. The second kappa shape index (κ2) is 12.0. The molecule has 4 aromatic rings. The Hall–Kier alpha value is -5.52. The van der Waals surface area contributed by atoms with E-state index in [4.69, 9.17) is 23.9 Å². The number of methoxy groups -OCH3 is 2. The first-order valence-electron chi connectivity index (χ1n) is 13.9. The van der Waals surface area contributed by atoms with E-state index < -0.39 is 24.0 Å². The molecule has 2 atom stereocenters. The third-order valence-corrected chi connectivity index (χ3v) is 7.62. The summed E-state index contributed by atoms with van der Waals surface area (Å²) in [6.45, 7) is 0.540. The van der Waals surface area contributed by atoms with E-state index in [2.05, 4.69) is 10.6 Å². The van der Waals surface area contributed by atoms with E-state index in [1.165, 1.54) is 20.3 Å². The van der Waals surface area contributed by atoms with Gasteiger partial charge in [0.2, 0.25) is 0 Å². The zero-order chi connectivity index (χ0) is 30.8. The molecule has 0 saturated carbocycles. The number of carbonyl (C=O) groups is 3. The molecule has 7 rings (SSSR count).